The molecular weight excluding hydrogens is 352 g/mol. The zero-order valence-electron chi connectivity index (χ0n) is 5.43. The molecule has 1 rings (SSSR count). The molecule has 0 bridgehead atoms. The number of aromatic nitrogens is 1. The van der Waals surface area contributed by atoms with Gasteiger partial charge in [0.2, 0.25) is 0 Å². The van der Waals surface area contributed by atoms with Crippen LogP contribution in [0.25, 0.3) is 0 Å². The molecule has 1 aromatic rings. The van der Waals surface area contributed by atoms with Crippen molar-refractivity contribution in [2.24, 2.45) is 0 Å². The van der Waals surface area contributed by atoms with Crippen LogP contribution in [0.4, 0.5) is 0 Å². The van der Waals surface area contributed by atoms with Gasteiger partial charge < -0.3 is 0 Å². The summed E-state index contributed by atoms with van der Waals surface area (Å²) in [6.45, 7) is 0. The van der Waals surface area contributed by atoms with Crippen LogP contribution in [0.1, 0.15) is 5.56 Å². The first-order chi connectivity index (χ1) is 4.93. The van der Waals surface area contributed by atoms with E-state index in [1.807, 2.05) is 12.4 Å². The van der Waals surface area contributed by atoms with E-state index >= 15 is 0 Å². The van der Waals surface area contributed by atoms with Crippen LogP contribution in [0.5, 0.6) is 0 Å². The van der Waals surface area contributed by atoms with E-state index in [0.29, 0.717) is 17.2 Å². The SMILES string of the molecule is I[I-]CCc1ccncc1. The molecule has 1 heterocycles. The van der Waals surface area contributed by atoms with Gasteiger partial charge in [0.25, 0.3) is 0 Å². The van der Waals surface area contributed by atoms with Crippen LogP contribution in [-0.4, -0.2) is 9.41 Å². The summed E-state index contributed by atoms with van der Waals surface area (Å²) in [5.74, 6) is 0. The zero-order valence-corrected chi connectivity index (χ0v) is 9.74. The van der Waals surface area contributed by atoms with Crippen molar-refractivity contribution in [3.63, 3.8) is 0 Å². The third-order valence-electron chi connectivity index (χ3n) is 1.20. The van der Waals surface area contributed by atoms with Crippen LogP contribution in [0, 0.1) is 0 Å². The van der Waals surface area contributed by atoms with Crippen molar-refractivity contribution in [2.75, 3.05) is 4.43 Å². The maximum atomic E-state index is 3.96. The molecule has 0 aromatic carbocycles. The van der Waals surface area contributed by atoms with Gasteiger partial charge in [-0.15, -0.1) is 0 Å². The fraction of sp³-hybridized carbons (Fsp3) is 0.286. The topological polar surface area (TPSA) is 12.9 Å². The molecule has 0 aliphatic rings. The average Bonchev–Trinajstić information content (AvgIpc) is 2.03. The van der Waals surface area contributed by atoms with Crippen molar-refractivity contribution < 1.29 is 17.2 Å². The van der Waals surface area contributed by atoms with Gasteiger partial charge in [-0.3, -0.25) is 0 Å². The predicted octanol–water partition coefficient (Wildman–Crippen LogP) is -0.937. The van der Waals surface area contributed by atoms with Gasteiger partial charge in [0, 0.05) is 0 Å². The molecule has 3 heteroatoms. The van der Waals surface area contributed by atoms with E-state index in [0.717, 1.165) is 0 Å². The third kappa shape index (κ3) is 3.14. The molecule has 10 heavy (non-hydrogen) atoms. The van der Waals surface area contributed by atoms with E-state index in [2.05, 4.69) is 35.7 Å². The first kappa shape index (κ1) is 8.70. The molecule has 0 aliphatic heterocycles. The Labute approximate surface area is 81.1 Å². The van der Waals surface area contributed by atoms with Gasteiger partial charge in [-0.25, -0.2) is 0 Å². The molecule has 0 amide bonds. The zero-order chi connectivity index (χ0) is 7.23. The van der Waals surface area contributed by atoms with Crippen molar-refractivity contribution in [3.05, 3.63) is 30.1 Å². The van der Waals surface area contributed by atoms with Crippen LogP contribution >= 0.6 is 18.6 Å². The summed E-state index contributed by atoms with van der Waals surface area (Å²) in [6, 6.07) is 4.19. The standard InChI is InChI=1S/C7H8I2N/c8-9-4-1-7-2-5-10-6-3-7/h2-3,5-6H,1,4H2/q-1. The van der Waals surface area contributed by atoms with E-state index in [9.17, 15) is 0 Å². The summed E-state index contributed by atoms with van der Waals surface area (Å²) in [5.41, 5.74) is 1.42. The number of hydrogen-bond donors (Lipinski definition) is 0. The Morgan fingerprint density at radius 2 is 2.10 bits per heavy atom. The van der Waals surface area contributed by atoms with Gasteiger partial charge in [0.05, 0.1) is 0 Å². The van der Waals surface area contributed by atoms with E-state index < -0.39 is 0 Å². The van der Waals surface area contributed by atoms with Crippen LogP contribution < -0.4 is 17.2 Å². The molecule has 56 valence electrons. The number of nitrogens with zero attached hydrogens (tertiary/aromatic N) is 1. The first-order valence-electron chi connectivity index (χ1n) is 3.02. The van der Waals surface area contributed by atoms with Crippen molar-refractivity contribution in [1.29, 1.82) is 0 Å². The Bertz CT molecular complexity index is 176. The molecule has 0 unspecified atom stereocenters. The summed E-state index contributed by atoms with van der Waals surface area (Å²) >= 11 is 2.94. The minimum absolute atomic E-state index is 0.431. The fourth-order valence-electron chi connectivity index (χ4n) is 0.694. The fourth-order valence-corrected chi connectivity index (χ4v) is 2.89. The number of alkyl halides is 1. The molecular formula is C7H8I2N-. The van der Waals surface area contributed by atoms with Gasteiger partial charge in [-0.2, -0.15) is 0 Å². The third-order valence-corrected chi connectivity index (χ3v) is 4.89. The van der Waals surface area contributed by atoms with Crippen molar-refractivity contribution in [3.8, 4) is 0 Å². The van der Waals surface area contributed by atoms with Crippen LogP contribution in [-0.2, 0) is 6.42 Å². The Hall–Kier alpha value is 0.610. The molecule has 0 radical (unpaired) electrons. The predicted molar refractivity (Wildman–Crippen MR) is 46.8 cm³/mol. The number of rotatable bonds is 3. The Morgan fingerprint density at radius 1 is 1.40 bits per heavy atom. The first-order valence-corrected chi connectivity index (χ1v) is 10.8. The molecule has 1 aromatic heterocycles. The van der Waals surface area contributed by atoms with Gasteiger partial charge >= 0.3 is 81.8 Å². The second-order valence-corrected chi connectivity index (χ2v) is 7.42. The van der Waals surface area contributed by atoms with Crippen LogP contribution in [0.15, 0.2) is 24.5 Å². The van der Waals surface area contributed by atoms with E-state index in [1.165, 1.54) is 16.4 Å². The number of hydrogen-bond acceptors (Lipinski definition) is 1. The van der Waals surface area contributed by atoms with Gasteiger partial charge in [0.1, 0.15) is 0 Å². The number of pyridine rings is 1. The molecule has 0 spiro atoms. The molecule has 0 saturated heterocycles. The van der Waals surface area contributed by atoms with E-state index in [-0.39, 0.29) is 0 Å². The Morgan fingerprint density at radius 3 is 2.70 bits per heavy atom. The van der Waals surface area contributed by atoms with E-state index in [4.69, 9.17) is 0 Å². The molecule has 0 fully saturated rings. The maximum absolute atomic E-state index is 3.96. The summed E-state index contributed by atoms with van der Waals surface area (Å²) in [5, 5.41) is 0. The Kier molecular flexibility index (Phi) is 4.60. The van der Waals surface area contributed by atoms with Crippen LogP contribution in [0.3, 0.4) is 0 Å². The average molecular weight is 360 g/mol. The summed E-state index contributed by atoms with van der Waals surface area (Å²) in [6.07, 6.45) is 4.96. The normalized spacial score (nSPS) is 10.1. The summed E-state index contributed by atoms with van der Waals surface area (Å²) < 4.78 is 1.38. The summed E-state index contributed by atoms with van der Waals surface area (Å²) in [4.78, 5) is 3.96. The molecule has 0 saturated carbocycles. The molecule has 0 N–H and O–H groups in total. The van der Waals surface area contributed by atoms with Crippen LogP contribution in [0.2, 0.25) is 0 Å². The van der Waals surface area contributed by atoms with Crippen molar-refractivity contribution in [2.45, 2.75) is 6.42 Å². The van der Waals surface area contributed by atoms with Gasteiger partial charge in [0.15, 0.2) is 0 Å². The Balaban J connectivity index is 2.43. The monoisotopic (exact) mass is 360 g/mol. The molecule has 0 aliphatic carbocycles. The quantitative estimate of drug-likeness (QED) is 0.501. The second-order valence-electron chi connectivity index (χ2n) is 1.90. The number of halogens is 2. The van der Waals surface area contributed by atoms with Crippen molar-refractivity contribution >= 4 is 18.6 Å². The molecule has 0 atom stereocenters. The van der Waals surface area contributed by atoms with Crippen molar-refractivity contribution in [1.82, 2.24) is 4.98 Å². The minimum atomic E-state index is 0.431. The summed E-state index contributed by atoms with van der Waals surface area (Å²) in [7, 11) is 0. The number of aryl methyl sites for hydroxylation is 1. The van der Waals surface area contributed by atoms with E-state index in [1.54, 1.807) is 0 Å². The van der Waals surface area contributed by atoms with Gasteiger partial charge in [-0.1, -0.05) is 0 Å². The second kappa shape index (κ2) is 5.29. The van der Waals surface area contributed by atoms with Gasteiger partial charge in [-0.05, 0) is 0 Å². The molecule has 1 nitrogen and oxygen atoms in total.